The highest BCUT2D eigenvalue weighted by molar-refractivity contribution is 7.13. The second-order valence-electron chi connectivity index (χ2n) is 6.61. The van der Waals surface area contributed by atoms with Gasteiger partial charge in [-0.1, -0.05) is 12.1 Å². The summed E-state index contributed by atoms with van der Waals surface area (Å²) in [6.45, 7) is 6.22. The predicted octanol–water partition coefficient (Wildman–Crippen LogP) is 4.32. The number of nitrogens with zero attached hydrogens (tertiary/aromatic N) is 4. The average molecular weight is 352 g/mol. The number of fused-ring (bicyclic) bond motifs is 1. The van der Waals surface area contributed by atoms with E-state index in [9.17, 15) is 4.79 Å². The zero-order valence-electron chi connectivity index (χ0n) is 14.5. The molecule has 1 aliphatic heterocycles. The molecule has 128 valence electrons. The summed E-state index contributed by atoms with van der Waals surface area (Å²) in [5.41, 5.74) is 2.75. The summed E-state index contributed by atoms with van der Waals surface area (Å²) in [7, 11) is 0. The number of hydrogen-bond acceptors (Lipinski definition) is 4. The Hall–Kier alpha value is -2.47. The first-order valence-electron chi connectivity index (χ1n) is 8.44. The third-order valence-corrected chi connectivity index (χ3v) is 5.66. The van der Waals surface area contributed by atoms with Crippen LogP contribution in [0.4, 0.5) is 5.82 Å². The maximum atomic E-state index is 13.1. The molecule has 5 nitrogen and oxygen atoms in total. The van der Waals surface area contributed by atoms with E-state index in [1.54, 1.807) is 17.5 Å². The van der Waals surface area contributed by atoms with Crippen molar-refractivity contribution >= 4 is 23.1 Å². The molecule has 3 aromatic rings. The molecule has 0 saturated heterocycles. The number of aromatic nitrogens is 3. The number of rotatable bonds is 2. The third-order valence-electron chi connectivity index (χ3n) is 4.65. The molecule has 25 heavy (non-hydrogen) atoms. The van der Waals surface area contributed by atoms with E-state index >= 15 is 0 Å². The maximum absolute atomic E-state index is 13.1. The van der Waals surface area contributed by atoms with Gasteiger partial charge in [0.1, 0.15) is 10.8 Å². The molecule has 2 unspecified atom stereocenters. The lowest BCUT2D eigenvalue weighted by molar-refractivity contribution is 0.0966. The lowest BCUT2D eigenvalue weighted by atomic mass is 10.0. The normalized spacial score (nSPS) is 19.7. The molecule has 0 saturated carbocycles. The molecule has 1 aliphatic rings. The molecular formula is C19H20N4OS. The second-order valence-corrected chi connectivity index (χ2v) is 7.47. The van der Waals surface area contributed by atoms with Crippen molar-refractivity contribution in [3.8, 4) is 10.6 Å². The van der Waals surface area contributed by atoms with Crippen molar-refractivity contribution in [2.24, 2.45) is 0 Å². The first kappa shape index (κ1) is 16.0. The van der Waals surface area contributed by atoms with Crippen molar-refractivity contribution in [2.75, 3.05) is 4.90 Å². The van der Waals surface area contributed by atoms with Crippen LogP contribution < -0.4 is 4.90 Å². The second kappa shape index (κ2) is 6.11. The van der Waals surface area contributed by atoms with Crippen molar-refractivity contribution in [1.82, 2.24) is 14.8 Å². The Morgan fingerprint density at radius 3 is 2.60 bits per heavy atom. The summed E-state index contributed by atoms with van der Waals surface area (Å²) in [5.74, 6) is 0.888. The van der Waals surface area contributed by atoms with E-state index in [4.69, 9.17) is 0 Å². The van der Waals surface area contributed by atoms with Crippen molar-refractivity contribution in [1.29, 1.82) is 0 Å². The Balaban J connectivity index is 1.64. The number of hydrogen-bond donors (Lipinski definition) is 0. The van der Waals surface area contributed by atoms with E-state index in [0.717, 1.165) is 28.5 Å². The van der Waals surface area contributed by atoms with E-state index < -0.39 is 0 Å². The molecule has 0 aliphatic carbocycles. The van der Waals surface area contributed by atoms with Gasteiger partial charge in [-0.15, -0.1) is 11.3 Å². The molecule has 0 spiro atoms. The fourth-order valence-corrected chi connectivity index (χ4v) is 4.25. The summed E-state index contributed by atoms with van der Waals surface area (Å²) >= 11 is 1.62. The Morgan fingerprint density at radius 1 is 1.16 bits per heavy atom. The van der Waals surface area contributed by atoms with E-state index in [2.05, 4.69) is 23.9 Å². The van der Waals surface area contributed by atoms with Gasteiger partial charge in [0.2, 0.25) is 0 Å². The molecule has 3 heterocycles. The van der Waals surface area contributed by atoms with Gasteiger partial charge in [0.25, 0.3) is 5.91 Å². The fourth-order valence-electron chi connectivity index (χ4n) is 3.45. The van der Waals surface area contributed by atoms with Crippen LogP contribution in [0, 0.1) is 6.92 Å². The quantitative estimate of drug-likeness (QED) is 0.690. The fraction of sp³-hybridized carbons (Fsp3) is 0.316. The maximum Gasteiger partial charge on any atom is 0.259 e. The number of amides is 1. The zero-order valence-corrected chi connectivity index (χ0v) is 15.3. The lowest BCUT2D eigenvalue weighted by Crippen LogP contribution is -2.44. The molecule has 6 heteroatoms. The summed E-state index contributed by atoms with van der Waals surface area (Å²) in [6, 6.07) is 10.1. The van der Waals surface area contributed by atoms with Crippen LogP contribution in [0.1, 0.15) is 42.4 Å². The number of carbonyl (C=O) groups excluding carboxylic acids is 1. The van der Waals surface area contributed by atoms with E-state index in [-0.39, 0.29) is 11.9 Å². The molecule has 1 aromatic carbocycles. The molecule has 0 radical (unpaired) electrons. The van der Waals surface area contributed by atoms with Crippen molar-refractivity contribution in [3.05, 3.63) is 53.2 Å². The van der Waals surface area contributed by atoms with Gasteiger partial charge in [-0.2, -0.15) is 5.10 Å². The van der Waals surface area contributed by atoms with Crippen molar-refractivity contribution < 1.29 is 4.79 Å². The van der Waals surface area contributed by atoms with Crippen LogP contribution >= 0.6 is 11.3 Å². The first-order valence-corrected chi connectivity index (χ1v) is 9.32. The lowest BCUT2D eigenvalue weighted by Gasteiger charge is -2.37. The molecule has 1 amide bonds. The van der Waals surface area contributed by atoms with Gasteiger partial charge in [-0.05, 0) is 39.3 Å². The minimum Gasteiger partial charge on any atom is -0.290 e. The molecular weight excluding hydrogens is 332 g/mol. The average Bonchev–Trinajstić information content (AvgIpc) is 3.24. The minimum absolute atomic E-state index is 0.0167. The van der Waals surface area contributed by atoms with E-state index in [1.807, 2.05) is 52.2 Å². The van der Waals surface area contributed by atoms with Crippen molar-refractivity contribution in [2.45, 2.75) is 39.3 Å². The highest BCUT2D eigenvalue weighted by Gasteiger charge is 2.32. The number of thiazole rings is 1. The topological polar surface area (TPSA) is 51.0 Å². The SMILES string of the molecule is Cc1csc(-c2ccc(C(=O)N3c4ccnn4C(C)CC3C)cc2)n1. The Kier molecular flexibility index (Phi) is 3.92. The molecule has 2 aromatic heterocycles. The van der Waals surface area contributed by atoms with Crippen LogP contribution in [0.5, 0.6) is 0 Å². The molecule has 0 N–H and O–H groups in total. The van der Waals surface area contributed by atoms with Gasteiger partial charge >= 0.3 is 0 Å². The van der Waals surface area contributed by atoms with Gasteiger partial charge in [0.15, 0.2) is 0 Å². The predicted molar refractivity (Wildman–Crippen MR) is 100 cm³/mol. The van der Waals surface area contributed by atoms with E-state index in [1.165, 1.54) is 0 Å². The highest BCUT2D eigenvalue weighted by atomic mass is 32.1. The standard InChI is InChI=1S/C19H20N4OS/c1-12-11-25-18(21-12)15-4-6-16(7-5-15)19(24)22-13(2)10-14(3)23-17(22)8-9-20-23/h4-9,11,13-14H,10H2,1-3H3. The number of anilines is 1. The molecule has 0 bridgehead atoms. The Morgan fingerprint density at radius 2 is 1.92 bits per heavy atom. The molecule has 4 rings (SSSR count). The molecule has 2 atom stereocenters. The first-order chi connectivity index (χ1) is 12.0. The summed E-state index contributed by atoms with van der Waals surface area (Å²) < 4.78 is 1.94. The third kappa shape index (κ3) is 2.76. The summed E-state index contributed by atoms with van der Waals surface area (Å²) in [4.78, 5) is 19.5. The summed E-state index contributed by atoms with van der Waals surface area (Å²) in [6.07, 6.45) is 2.66. The van der Waals surface area contributed by atoms with Crippen LogP contribution in [0.3, 0.4) is 0 Å². The van der Waals surface area contributed by atoms with Gasteiger partial charge in [0.05, 0.1) is 12.2 Å². The van der Waals surface area contributed by atoms with Gasteiger partial charge in [0, 0.05) is 34.3 Å². The van der Waals surface area contributed by atoms with Gasteiger partial charge < -0.3 is 0 Å². The molecule has 0 fully saturated rings. The summed E-state index contributed by atoms with van der Waals surface area (Å²) in [5, 5.41) is 7.39. The Bertz CT molecular complexity index is 912. The van der Waals surface area contributed by atoms with Crippen LogP contribution in [0.15, 0.2) is 41.9 Å². The van der Waals surface area contributed by atoms with Gasteiger partial charge in [-0.25, -0.2) is 9.67 Å². The zero-order chi connectivity index (χ0) is 17.6. The number of benzene rings is 1. The van der Waals surface area contributed by atoms with Crippen LogP contribution in [-0.2, 0) is 0 Å². The van der Waals surface area contributed by atoms with E-state index in [0.29, 0.717) is 11.6 Å². The monoisotopic (exact) mass is 352 g/mol. The van der Waals surface area contributed by atoms with Gasteiger partial charge in [-0.3, -0.25) is 9.69 Å². The largest absolute Gasteiger partial charge is 0.290 e. The number of carbonyl (C=O) groups is 1. The minimum atomic E-state index is 0.0167. The van der Waals surface area contributed by atoms with Crippen LogP contribution in [0.25, 0.3) is 10.6 Å². The smallest absolute Gasteiger partial charge is 0.259 e. The number of aryl methyl sites for hydroxylation is 1. The highest BCUT2D eigenvalue weighted by Crippen LogP contribution is 2.32. The van der Waals surface area contributed by atoms with Crippen LogP contribution in [0.2, 0.25) is 0 Å². The van der Waals surface area contributed by atoms with Crippen LogP contribution in [-0.4, -0.2) is 26.7 Å². The van der Waals surface area contributed by atoms with Crippen molar-refractivity contribution in [3.63, 3.8) is 0 Å². The Labute approximate surface area is 150 Å².